The summed E-state index contributed by atoms with van der Waals surface area (Å²) in [4.78, 5) is 14.1. The smallest absolute Gasteiger partial charge is 0.237 e. The molecule has 0 saturated carbocycles. The maximum absolute atomic E-state index is 13.6. The van der Waals surface area contributed by atoms with Crippen LogP contribution in [0.15, 0.2) is 16.6 Å². The number of hydrogen-bond acceptors (Lipinski definition) is 2. The van der Waals surface area contributed by atoms with E-state index in [9.17, 15) is 9.18 Å². The summed E-state index contributed by atoms with van der Waals surface area (Å²) in [6, 6.07) is 3.30. The number of carbonyl (C=O) groups excluding carboxylic acids is 1. The maximum Gasteiger partial charge on any atom is 0.237 e. The Hall–Kier alpha value is -0.940. The monoisotopic (exact) mass is 326 g/mol. The molecule has 19 heavy (non-hydrogen) atoms. The van der Waals surface area contributed by atoms with E-state index >= 15 is 0 Å². The number of hydrogen-bond donors (Lipinski definition) is 1. The SMILES string of the molecule is O=C1NCCCC1N1CCc2ccc(F)c(Br)c2C1. The molecule has 2 aliphatic heterocycles. The number of halogens is 2. The largest absolute Gasteiger partial charge is 0.355 e. The van der Waals surface area contributed by atoms with Crippen LogP contribution in [0.2, 0.25) is 0 Å². The summed E-state index contributed by atoms with van der Waals surface area (Å²) in [6.45, 7) is 2.28. The normalized spacial score (nSPS) is 23.9. The van der Waals surface area contributed by atoms with Gasteiger partial charge in [-0.05, 0) is 52.4 Å². The highest BCUT2D eigenvalue weighted by Crippen LogP contribution is 2.30. The summed E-state index contributed by atoms with van der Waals surface area (Å²) in [7, 11) is 0. The van der Waals surface area contributed by atoms with E-state index in [4.69, 9.17) is 0 Å². The fraction of sp³-hybridized carbons (Fsp3) is 0.500. The molecule has 1 N–H and O–H groups in total. The molecule has 1 fully saturated rings. The molecule has 1 saturated heterocycles. The van der Waals surface area contributed by atoms with Crippen LogP contribution in [0, 0.1) is 5.82 Å². The number of amides is 1. The number of carbonyl (C=O) groups is 1. The standard InChI is InChI=1S/C14H16BrFN2O/c15-13-10-8-18(12-2-1-6-17-14(12)19)7-5-9(10)3-4-11(13)16/h3-4,12H,1-2,5-8H2,(H,17,19). The summed E-state index contributed by atoms with van der Waals surface area (Å²) in [5.41, 5.74) is 2.17. The van der Waals surface area contributed by atoms with E-state index in [0.29, 0.717) is 11.0 Å². The van der Waals surface area contributed by atoms with Gasteiger partial charge in [0.25, 0.3) is 0 Å². The molecule has 3 nitrogen and oxygen atoms in total. The Balaban J connectivity index is 1.85. The lowest BCUT2D eigenvalue weighted by atomic mass is 9.96. The second kappa shape index (κ2) is 5.21. The van der Waals surface area contributed by atoms with Crippen molar-refractivity contribution in [3.05, 3.63) is 33.5 Å². The molecular weight excluding hydrogens is 311 g/mol. The minimum absolute atomic E-state index is 0.0583. The van der Waals surface area contributed by atoms with Crippen molar-refractivity contribution in [1.82, 2.24) is 10.2 Å². The molecule has 1 aromatic carbocycles. The van der Waals surface area contributed by atoms with Crippen LogP contribution in [0.3, 0.4) is 0 Å². The summed E-state index contributed by atoms with van der Waals surface area (Å²) >= 11 is 3.33. The molecule has 0 radical (unpaired) electrons. The summed E-state index contributed by atoms with van der Waals surface area (Å²) in [5.74, 6) is -0.115. The van der Waals surface area contributed by atoms with Crippen LogP contribution in [0.1, 0.15) is 24.0 Å². The first-order chi connectivity index (χ1) is 9.16. The van der Waals surface area contributed by atoms with Gasteiger partial charge in [-0.15, -0.1) is 0 Å². The van der Waals surface area contributed by atoms with Gasteiger partial charge in [-0.1, -0.05) is 6.07 Å². The molecule has 2 aliphatic rings. The van der Waals surface area contributed by atoms with Crippen LogP contribution in [0.25, 0.3) is 0 Å². The van der Waals surface area contributed by atoms with Crippen molar-refractivity contribution in [2.24, 2.45) is 0 Å². The average Bonchev–Trinajstić information content (AvgIpc) is 2.43. The second-order valence-corrected chi connectivity index (χ2v) is 5.96. The first-order valence-electron chi connectivity index (χ1n) is 6.64. The van der Waals surface area contributed by atoms with Crippen molar-refractivity contribution >= 4 is 21.8 Å². The van der Waals surface area contributed by atoms with E-state index in [0.717, 1.165) is 37.9 Å². The fourth-order valence-electron chi connectivity index (χ4n) is 2.95. The first kappa shape index (κ1) is 13.1. The van der Waals surface area contributed by atoms with Crippen LogP contribution < -0.4 is 5.32 Å². The highest BCUT2D eigenvalue weighted by Gasteiger charge is 2.31. The van der Waals surface area contributed by atoms with E-state index in [1.807, 2.05) is 6.07 Å². The predicted octanol–water partition coefficient (Wildman–Crippen LogP) is 2.22. The molecule has 3 rings (SSSR count). The third-order valence-corrected chi connectivity index (χ3v) is 4.88. The van der Waals surface area contributed by atoms with Crippen molar-refractivity contribution in [1.29, 1.82) is 0 Å². The Morgan fingerprint density at radius 2 is 2.26 bits per heavy atom. The number of nitrogens with zero attached hydrogens (tertiary/aromatic N) is 1. The highest BCUT2D eigenvalue weighted by molar-refractivity contribution is 9.10. The topological polar surface area (TPSA) is 32.3 Å². The molecule has 102 valence electrons. The number of rotatable bonds is 1. The number of nitrogens with one attached hydrogen (secondary N) is 1. The summed E-state index contributed by atoms with van der Waals surface area (Å²) < 4.78 is 14.2. The third-order valence-electron chi connectivity index (χ3n) is 4.02. The van der Waals surface area contributed by atoms with Gasteiger partial charge in [-0.2, -0.15) is 0 Å². The quantitative estimate of drug-likeness (QED) is 0.858. The average molecular weight is 327 g/mol. The van der Waals surface area contributed by atoms with Crippen molar-refractivity contribution in [3.8, 4) is 0 Å². The number of benzene rings is 1. The van der Waals surface area contributed by atoms with Gasteiger partial charge in [0.15, 0.2) is 0 Å². The third kappa shape index (κ3) is 2.41. The van der Waals surface area contributed by atoms with Gasteiger partial charge in [0.05, 0.1) is 10.5 Å². The molecule has 0 aliphatic carbocycles. The molecular formula is C14H16BrFN2O. The van der Waals surface area contributed by atoms with Gasteiger partial charge in [-0.3, -0.25) is 9.69 Å². The number of piperidine rings is 1. The predicted molar refractivity (Wildman–Crippen MR) is 74.2 cm³/mol. The zero-order valence-corrected chi connectivity index (χ0v) is 12.2. The zero-order chi connectivity index (χ0) is 13.4. The lowest BCUT2D eigenvalue weighted by Crippen LogP contribution is -2.51. The van der Waals surface area contributed by atoms with E-state index in [1.165, 1.54) is 11.6 Å². The maximum atomic E-state index is 13.6. The second-order valence-electron chi connectivity index (χ2n) is 5.17. The van der Waals surface area contributed by atoms with Crippen LogP contribution >= 0.6 is 15.9 Å². The van der Waals surface area contributed by atoms with Gasteiger partial charge in [-0.25, -0.2) is 4.39 Å². The molecule has 0 spiro atoms. The molecule has 0 bridgehead atoms. The van der Waals surface area contributed by atoms with Gasteiger partial charge in [0.1, 0.15) is 5.82 Å². The van der Waals surface area contributed by atoms with Crippen LogP contribution in [0.5, 0.6) is 0 Å². The molecule has 2 heterocycles. The molecule has 1 atom stereocenters. The molecule has 1 aromatic rings. The Kier molecular flexibility index (Phi) is 3.58. The van der Waals surface area contributed by atoms with Crippen LogP contribution in [-0.4, -0.2) is 29.9 Å². The van der Waals surface area contributed by atoms with Gasteiger partial charge >= 0.3 is 0 Å². The molecule has 5 heteroatoms. The van der Waals surface area contributed by atoms with Crippen LogP contribution in [0.4, 0.5) is 4.39 Å². The van der Waals surface area contributed by atoms with Crippen molar-refractivity contribution in [2.45, 2.75) is 31.8 Å². The summed E-state index contributed by atoms with van der Waals surface area (Å²) in [5, 5.41) is 2.91. The van der Waals surface area contributed by atoms with Crippen LogP contribution in [-0.2, 0) is 17.8 Å². The van der Waals surface area contributed by atoms with Gasteiger partial charge in [0, 0.05) is 19.6 Å². The van der Waals surface area contributed by atoms with E-state index in [1.54, 1.807) is 0 Å². The Labute approximate surface area is 120 Å². The number of fused-ring (bicyclic) bond motifs is 1. The van der Waals surface area contributed by atoms with Gasteiger partial charge < -0.3 is 5.32 Å². The highest BCUT2D eigenvalue weighted by atomic mass is 79.9. The minimum Gasteiger partial charge on any atom is -0.355 e. The molecule has 1 amide bonds. The summed E-state index contributed by atoms with van der Waals surface area (Å²) in [6.07, 6.45) is 2.79. The fourth-order valence-corrected chi connectivity index (χ4v) is 3.47. The Morgan fingerprint density at radius 1 is 1.42 bits per heavy atom. The zero-order valence-electron chi connectivity index (χ0n) is 10.6. The van der Waals surface area contributed by atoms with E-state index in [-0.39, 0.29) is 17.8 Å². The first-order valence-corrected chi connectivity index (χ1v) is 7.43. The lowest BCUT2D eigenvalue weighted by molar-refractivity contribution is -0.128. The van der Waals surface area contributed by atoms with E-state index in [2.05, 4.69) is 26.1 Å². The Bertz CT molecular complexity index is 520. The minimum atomic E-state index is -0.228. The van der Waals surface area contributed by atoms with Crippen molar-refractivity contribution < 1.29 is 9.18 Å². The van der Waals surface area contributed by atoms with Gasteiger partial charge in [0.2, 0.25) is 5.91 Å². The molecule has 1 unspecified atom stereocenters. The van der Waals surface area contributed by atoms with E-state index < -0.39 is 0 Å². The molecule has 0 aromatic heterocycles. The van der Waals surface area contributed by atoms with Crippen molar-refractivity contribution in [3.63, 3.8) is 0 Å². The lowest BCUT2D eigenvalue weighted by Gasteiger charge is -2.37. The Morgan fingerprint density at radius 3 is 3.05 bits per heavy atom. The van der Waals surface area contributed by atoms with Crippen molar-refractivity contribution in [2.75, 3.05) is 13.1 Å².